The minimum Gasteiger partial charge on any atom is -0.365 e. The number of nitrogens with zero attached hydrogens (tertiary/aromatic N) is 2. The summed E-state index contributed by atoms with van der Waals surface area (Å²) in [6, 6.07) is 5.81. The number of carbonyl (C=O) groups excluding carboxylic acids is 2. The Kier molecular flexibility index (Phi) is 4.61. The fourth-order valence-corrected chi connectivity index (χ4v) is 2.97. The number of hydrogen-bond acceptors (Lipinski definition) is 6. The predicted octanol–water partition coefficient (Wildman–Crippen LogP) is 2.42. The number of thioether (sulfide) groups is 1. The van der Waals surface area contributed by atoms with Gasteiger partial charge < -0.3 is 5.32 Å². The van der Waals surface area contributed by atoms with E-state index >= 15 is 0 Å². The van der Waals surface area contributed by atoms with E-state index in [9.17, 15) is 19.7 Å². The minimum atomic E-state index is -0.747. The van der Waals surface area contributed by atoms with Crippen molar-refractivity contribution in [1.29, 1.82) is 0 Å². The van der Waals surface area contributed by atoms with E-state index in [2.05, 4.69) is 21.2 Å². The highest BCUT2D eigenvalue weighted by Gasteiger charge is 2.39. The number of benzene rings is 1. The number of halogens is 1. The molecule has 0 bridgehead atoms. The standard InChI is InChI=1S/C11H10BrN3O4S/c12-4-5-14-10(16)9(20-11(14)17)13-7-2-1-3-8(6-7)15(18)19/h1-3,6,9,13H,4-5H2. The zero-order valence-corrected chi connectivity index (χ0v) is 12.5. The van der Waals surface area contributed by atoms with Crippen LogP contribution in [0.5, 0.6) is 0 Å². The number of carbonyl (C=O) groups is 2. The first-order valence-electron chi connectivity index (χ1n) is 5.62. The maximum atomic E-state index is 12.0. The third-order valence-corrected chi connectivity index (χ3v) is 3.92. The molecule has 9 heteroatoms. The first kappa shape index (κ1) is 14.8. The first-order chi connectivity index (χ1) is 9.52. The van der Waals surface area contributed by atoms with Crippen molar-refractivity contribution < 1.29 is 14.5 Å². The van der Waals surface area contributed by atoms with Gasteiger partial charge in [0.1, 0.15) is 0 Å². The van der Waals surface area contributed by atoms with Crippen LogP contribution in [0, 0.1) is 10.1 Å². The molecular formula is C11H10BrN3O4S. The van der Waals surface area contributed by atoms with Gasteiger partial charge >= 0.3 is 0 Å². The average molecular weight is 360 g/mol. The minimum absolute atomic E-state index is 0.0749. The number of rotatable bonds is 5. The zero-order valence-electron chi connectivity index (χ0n) is 10.1. The SMILES string of the molecule is O=C1SC(Nc2cccc([N+](=O)[O-])c2)C(=O)N1CCBr. The van der Waals surface area contributed by atoms with Gasteiger partial charge in [0, 0.05) is 29.7 Å². The molecule has 1 saturated heterocycles. The topological polar surface area (TPSA) is 92.5 Å². The van der Waals surface area contributed by atoms with Crippen molar-refractivity contribution in [2.24, 2.45) is 0 Å². The van der Waals surface area contributed by atoms with E-state index in [-0.39, 0.29) is 16.8 Å². The Balaban J connectivity index is 2.11. The van der Waals surface area contributed by atoms with Crippen LogP contribution in [-0.2, 0) is 4.79 Å². The van der Waals surface area contributed by atoms with E-state index in [1.54, 1.807) is 6.07 Å². The Hall–Kier alpha value is -1.61. The molecule has 1 unspecified atom stereocenters. The van der Waals surface area contributed by atoms with Crippen LogP contribution in [0.15, 0.2) is 24.3 Å². The lowest BCUT2D eigenvalue weighted by atomic mass is 10.3. The van der Waals surface area contributed by atoms with Crippen LogP contribution in [0.3, 0.4) is 0 Å². The monoisotopic (exact) mass is 359 g/mol. The van der Waals surface area contributed by atoms with Crippen LogP contribution in [-0.4, -0.2) is 38.2 Å². The molecule has 1 aromatic rings. The highest BCUT2D eigenvalue weighted by atomic mass is 79.9. The Morgan fingerprint density at radius 2 is 2.20 bits per heavy atom. The lowest BCUT2D eigenvalue weighted by Gasteiger charge is -2.13. The van der Waals surface area contributed by atoms with E-state index < -0.39 is 10.3 Å². The number of amides is 2. The lowest BCUT2D eigenvalue weighted by molar-refractivity contribution is -0.384. The van der Waals surface area contributed by atoms with E-state index in [4.69, 9.17) is 0 Å². The molecule has 7 nitrogen and oxygen atoms in total. The molecule has 1 aliphatic heterocycles. The third kappa shape index (κ3) is 3.10. The van der Waals surface area contributed by atoms with Gasteiger partial charge in [0.05, 0.1) is 4.92 Å². The maximum Gasteiger partial charge on any atom is 0.290 e. The number of non-ortho nitro benzene ring substituents is 1. The van der Waals surface area contributed by atoms with Crippen LogP contribution in [0.4, 0.5) is 16.2 Å². The summed E-state index contributed by atoms with van der Waals surface area (Å²) in [4.78, 5) is 35.0. The Labute approximate surface area is 127 Å². The smallest absolute Gasteiger partial charge is 0.290 e. The van der Waals surface area contributed by atoms with Gasteiger partial charge in [-0.25, -0.2) is 0 Å². The molecule has 1 atom stereocenters. The van der Waals surface area contributed by atoms with E-state index in [0.717, 1.165) is 16.7 Å². The van der Waals surface area contributed by atoms with Gasteiger partial charge in [-0.15, -0.1) is 0 Å². The Morgan fingerprint density at radius 3 is 2.85 bits per heavy atom. The van der Waals surface area contributed by atoms with E-state index in [1.165, 1.54) is 18.2 Å². The molecule has 106 valence electrons. The van der Waals surface area contributed by atoms with Gasteiger partial charge in [-0.2, -0.15) is 0 Å². The average Bonchev–Trinajstić information content (AvgIpc) is 2.67. The van der Waals surface area contributed by atoms with Crippen LogP contribution in [0.2, 0.25) is 0 Å². The molecule has 0 aliphatic carbocycles. The number of nitrogens with one attached hydrogen (secondary N) is 1. The van der Waals surface area contributed by atoms with Gasteiger partial charge in [-0.3, -0.25) is 24.6 Å². The highest BCUT2D eigenvalue weighted by molar-refractivity contribution is 9.09. The molecule has 1 heterocycles. The van der Waals surface area contributed by atoms with Crippen molar-refractivity contribution in [3.63, 3.8) is 0 Å². The molecule has 0 saturated carbocycles. The van der Waals surface area contributed by atoms with Crippen LogP contribution >= 0.6 is 27.7 Å². The second-order valence-electron chi connectivity index (χ2n) is 3.89. The van der Waals surface area contributed by atoms with Crippen molar-refractivity contribution in [1.82, 2.24) is 4.90 Å². The number of hydrogen-bond donors (Lipinski definition) is 1. The normalized spacial score (nSPS) is 18.4. The summed E-state index contributed by atoms with van der Waals surface area (Å²) in [5, 5.41) is 13.0. The number of nitro groups is 1. The predicted molar refractivity (Wildman–Crippen MR) is 79.0 cm³/mol. The summed E-state index contributed by atoms with van der Waals surface area (Å²) in [7, 11) is 0. The molecule has 0 aromatic heterocycles. The highest BCUT2D eigenvalue weighted by Crippen LogP contribution is 2.29. The number of alkyl halides is 1. The van der Waals surface area contributed by atoms with Crippen LogP contribution < -0.4 is 5.32 Å². The second kappa shape index (κ2) is 6.23. The van der Waals surface area contributed by atoms with Crippen molar-refractivity contribution in [3.05, 3.63) is 34.4 Å². The molecule has 0 radical (unpaired) electrons. The van der Waals surface area contributed by atoms with Crippen molar-refractivity contribution in [2.75, 3.05) is 17.2 Å². The molecular weight excluding hydrogens is 350 g/mol. The summed E-state index contributed by atoms with van der Waals surface area (Å²) < 4.78 is 0. The lowest BCUT2D eigenvalue weighted by Crippen LogP contribution is -2.35. The molecule has 1 N–H and O–H groups in total. The first-order valence-corrected chi connectivity index (χ1v) is 7.62. The summed E-state index contributed by atoms with van der Waals surface area (Å²) >= 11 is 4.04. The zero-order chi connectivity index (χ0) is 14.7. The summed E-state index contributed by atoms with van der Waals surface area (Å²) in [6.07, 6.45) is 0. The van der Waals surface area contributed by atoms with Crippen molar-refractivity contribution in [3.8, 4) is 0 Å². The van der Waals surface area contributed by atoms with Crippen LogP contribution in [0.25, 0.3) is 0 Å². The number of imide groups is 1. The second-order valence-corrected chi connectivity index (χ2v) is 5.74. The summed E-state index contributed by atoms with van der Waals surface area (Å²) in [6.45, 7) is 0.303. The largest absolute Gasteiger partial charge is 0.365 e. The van der Waals surface area contributed by atoms with Gasteiger partial charge in [0.25, 0.3) is 16.8 Å². The maximum absolute atomic E-state index is 12.0. The van der Waals surface area contributed by atoms with E-state index in [1.807, 2.05) is 0 Å². The van der Waals surface area contributed by atoms with Crippen molar-refractivity contribution >= 4 is 50.2 Å². The number of nitro benzene ring substituents is 1. The third-order valence-electron chi connectivity index (χ3n) is 2.59. The molecule has 1 fully saturated rings. The quantitative estimate of drug-likeness (QED) is 0.493. The molecule has 2 rings (SSSR count). The van der Waals surface area contributed by atoms with Gasteiger partial charge in [-0.1, -0.05) is 22.0 Å². The summed E-state index contributed by atoms with van der Waals surface area (Å²) in [5.74, 6) is -0.342. The molecule has 2 amide bonds. The fraction of sp³-hybridized carbons (Fsp3) is 0.273. The van der Waals surface area contributed by atoms with Gasteiger partial charge in [0.15, 0.2) is 5.37 Å². The molecule has 1 aromatic carbocycles. The van der Waals surface area contributed by atoms with Gasteiger partial charge in [-0.05, 0) is 17.8 Å². The van der Waals surface area contributed by atoms with Gasteiger partial charge in [0.2, 0.25) is 0 Å². The Bertz CT molecular complexity index is 568. The molecule has 20 heavy (non-hydrogen) atoms. The summed E-state index contributed by atoms with van der Waals surface area (Å²) in [5.41, 5.74) is 0.354. The molecule has 1 aliphatic rings. The van der Waals surface area contributed by atoms with Crippen molar-refractivity contribution in [2.45, 2.75) is 5.37 Å². The molecule has 0 spiro atoms. The van der Waals surface area contributed by atoms with E-state index in [0.29, 0.717) is 17.6 Å². The number of anilines is 1. The fourth-order valence-electron chi connectivity index (χ4n) is 1.68. The van der Waals surface area contributed by atoms with Crippen LogP contribution in [0.1, 0.15) is 0 Å². The Morgan fingerprint density at radius 1 is 1.45 bits per heavy atom.